The normalized spacial score (nSPS) is 28.9. The van der Waals surface area contributed by atoms with Crippen molar-refractivity contribution in [3.05, 3.63) is 17.7 Å². The number of hydrogen-bond donors (Lipinski definition) is 3. The van der Waals surface area contributed by atoms with Crippen molar-refractivity contribution in [2.75, 3.05) is 0 Å². The van der Waals surface area contributed by atoms with E-state index in [0.29, 0.717) is 12.3 Å². The number of carboxylic acids is 1. The van der Waals surface area contributed by atoms with Gasteiger partial charge in [0.05, 0.1) is 18.1 Å². The molecule has 3 N–H and O–H groups in total. The minimum atomic E-state index is -0.768. The molecule has 5 heteroatoms. The molecule has 0 saturated heterocycles. The standard InChI is InChI=1S/C13H19N3O2/c17-13(18)10-6-9-12(15-7-14-9)11(16-10)8-4-2-1-3-5-8/h7-8,10-11,16H,1-6H2,(H,14,15)(H,17,18). The lowest BCUT2D eigenvalue weighted by Gasteiger charge is -2.35. The second kappa shape index (κ2) is 4.72. The molecule has 0 spiro atoms. The molecule has 1 aliphatic carbocycles. The number of hydrogen-bond acceptors (Lipinski definition) is 3. The van der Waals surface area contributed by atoms with Crippen LogP contribution in [0.5, 0.6) is 0 Å². The minimum absolute atomic E-state index is 0.112. The molecule has 0 radical (unpaired) electrons. The molecule has 1 aliphatic heterocycles. The molecule has 1 fully saturated rings. The van der Waals surface area contributed by atoms with Crippen LogP contribution in [0.3, 0.4) is 0 Å². The van der Waals surface area contributed by atoms with E-state index < -0.39 is 12.0 Å². The lowest BCUT2D eigenvalue weighted by Crippen LogP contribution is -2.47. The Morgan fingerprint density at radius 3 is 2.83 bits per heavy atom. The maximum atomic E-state index is 11.2. The molecule has 98 valence electrons. The monoisotopic (exact) mass is 249 g/mol. The zero-order valence-electron chi connectivity index (χ0n) is 10.4. The lowest BCUT2D eigenvalue weighted by molar-refractivity contribution is -0.140. The van der Waals surface area contributed by atoms with Gasteiger partial charge in [-0.05, 0) is 18.8 Å². The van der Waals surface area contributed by atoms with Crippen molar-refractivity contribution in [3.63, 3.8) is 0 Å². The van der Waals surface area contributed by atoms with Gasteiger partial charge < -0.3 is 10.1 Å². The Balaban J connectivity index is 1.86. The van der Waals surface area contributed by atoms with E-state index in [2.05, 4.69) is 15.3 Å². The third-order valence-electron chi connectivity index (χ3n) is 4.25. The van der Waals surface area contributed by atoms with Crippen LogP contribution >= 0.6 is 0 Å². The van der Waals surface area contributed by atoms with Crippen LogP contribution in [0, 0.1) is 5.92 Å². The molecule has 1 aromatic rings. The highest BCUT2D eigenvalue weighted by Gasteiger charge is 2.36. The van der Waals surface area contributed by atoms with Gasteiger partial charge >= 0.3 is 5.97 Å². The predicted octanol–water partition coefficient (Wildman–Crippen LogP) is 1.63. The largest absolute Gasteiger partial charge is 0.480 e. The third kappa shape index (κ3) is 2.03. The van der Waals surface area contributed by atoms with Gasteiger partial charge in [0.2, 0.25) is 0 Å². The quantitative estimate of drug-likeness (QED) is 0.744. The Hall–Kier alpha value is -1.36. The van der Waals surface area contributed by atoms with Gasteiger partial charge in [0.1, 0.15) is 6.04 Å². The molecule has 18 heavy (non-hydrogen) atoms. The van der Waals surface area contributed by atoms with Gasteiger partial charge in [-0.2, -0.15) is 0 Å². The van der Waals surface area contributed by atoms with E-state index in [0.717, 1.165) is 11.4 Å². The van der Waals surface area contributed by atoms with Crippen LogP contribution in [0.15, 0.2) is 6.33 Å². The molecule has 0 amide bonds. The molecular weight excluding hydrogens is 230 g/mol. The summed E-state index contributed by atoms with van der Waals surface area (Å²) in [6.45, 7) is 0. The Kier molecular flexibility index (Phi) is 3.07. The summed E-state index contributed by atoms with van der Waals surface area (Å²) in [6.07, 6.45) is 8.35. The SMILES string of the molecule is O=C(O)C1Cc2[nH]cnc2C(C2CCCCC2)N1. The number of carbonyl (C=O) groups is 1. The van der Waals surface area contributed by atoms with E-state index in [-0.39, 0.29) is 6.04 Å². The molecule has 0 aromatic carbocycles. The fourth-order valence-electron chi connectivity index (χ4n) is 3.31. The maximum Gasteiger partial charge on any atom is 0.321 e. The molecular formula is C13H19N3O2. The average molecular weight is 249 g/mol. The number of imidazole rings is 1. The van der Waals surface area contributed by atoms with Crippen LogP contribution in [0.2, 0.25) is 0 Å². The average Bonchev–Trinajstić information content (AvgIpc) is 2.86. The van der Waals surface area contributed by atoms with E-state index >= 15 is 0 Å². The van der Waals surface area contributed by atoms with Crippen LogP contribution in [0.1, 0.15) is 49.5 Å². The van der Waals surface area contributed by atoms with Crippen LogP contribution in [-0.2, 0) is 11.2 Å². The van der Waals surface area contributed by atoms with Gasteiger partial charge in [-0.25, -0.2) is 4.98 Å². The van der Waals surface area contributed by atoms with Gasteiger partial charge in [0, 0.05) is 12.1 Å². The van der Waals surface area contributed by atoms with E-state index in [1.807, 2.05) is 0 Å². The number of aromatic amines is 1. The Bertz CT molecular complexity index is 437. The van der Waals surface area contributed by atoms with E-state index in [9.17, 15) is 9.90 Å². The summed E-state index contributed by atoms with van der Waals surface area (Å²) >= 11 is 0. The zero-order valence-corrected chi connectivity index (χ0v) is 10.4. The molecule has 1 aromatic heterocycles. The molecule has 2 unspecified atom stereocenters. The fourth-order valence-corrected chi connectivity index (χ4v) is 3.31. The van der Waals surface area contributed by atoms with E-state index in [4.69, 9.17) is 0 Å². The van der Waals surface area contributed by atoms with Crippen molar-refractivity contribution >= 4 is 5.97 Å². The van der Waals surface area contributed by atoms with Crippen molar-refractivity contribution in [2.45, 2.75) is 50.6 Å². The topological polar surface area (TPSA) is 78.0 Å². The Labute approximate surface area is 106 Å². The molecule has 3 rings (SSSR count). The number of carboxylic acid groups (broad SMARTS) is 1. The molecule has 5 nitrogen and oxygen atoms in total. The number of fused-ring (bicyclic) bond motifs is 1. The van der Waals surface area contributed by atoms with Crippen molar-refractivity contribution in [3.8, 4) is 0 Å². The van der Waals surface area contributed by atoms with E-state index in [1.54, 1.807) is 6.33 Å². The van der Waals surface area contributed by atoms with Gasteiger partial charge in [-0.1, -0.05) is 19.3 Å². The second-order valence-corrected chi connectivity index (χ2v) is 5.40. The number of aliphatic carboxylic acids is 1. The smallest absolute Gasteiger partial charge is 0.321 e. The van der Waals surface area contributed by atoms with Crippen molar-refractivity contribution in [1.29, 1.82) is 0 Å². The summed E-state index contributed by atoms with van der Waals surface area (Å²) in [6, 6.07) is -0.369. The summed E-state index contributed by atoms with van der Waals surface area (Å²) in [7, 11) is 0. The highest BCUT2D eigenvalue weighted by Crippen LogP contribution is 2.37. The number of rotatable bonds is 2. The van der Waals surface area contributed by atoms with Crippen LogP contribution in [0.4, 0.5) is 0 Å². The molecule has 2 atom stereocenters. The minimum Gasteiger partial charge on any atom is -0.480 e. The molecule has 0 bridgehead atoms. The number of aromatic nitrogens is 2. The summed E-state index contributed by atoms with van der Waals surface area (Å²) in [4.78, 5) is 18.7. The highest BCUT2D eigenvalue weighted by molar-refractivity contribution is 5.74. The maximum absolute atomic E-state index is 11.2. The van der Waals surface area contributed by atoms with Crippen LogP contribution in [0.25, 0.3) is 0 Å². The summed E-state index contributed by atoms with van der Waals surface area (Å²) in [5, 5.41) is 12.5. The molecule has 2 heterocycles. The first-order chi connectivity index (χ1) is 8.75. The molecule has 2 aliphatic rings. The van der Waals surface area contributed by atoms with Gasteiger partial charge in [-0.3, -0.25) is 10.1 Å². The first-order valence-corrected chi connectivity index (χ1v) is 6.76. The van der Waals surface area contributed by atoms with Crippen LogP contribution in [-0.4, -0.2) is 27.1 Å². The predicted molar refractivity (Wildman–Crippen MR) is 66.2 cm³/mol. The zero-order chi connectivity index (χ0) is 12.5. The number of nitrogens with one attached hydrogen (secondary N) is 2. The first-order valence-electron chi connectivity index (χ1n) is 6.76. The fraction of sp³-hybridized carbons (Fsp3) is 0.692. The highest BCUT2D eigenvalue weighted by atomic mass is 16.4. The molecule has 1 saturated carbocycles. The Morgan fingerprint density at radius 2 is 2.11 bits per heavy atom. The van der Waals surface area contributed by atoms with Crippen molar-refractivity contribution < 1.29 is 9.90 Å². The van der Waals surface area contributed by atoms with Gasteiger partial charge in [0.25, 0.3) is 0 Å². The summed E-state index contributed by atoms with van der Waals surface area (Å²) in [5.41, 5.74) is 2.04. The summed E-state index contributed by atoms with van der Waals surface area (Å²) < 4.78 is 0. The van der Waals surface area contributed by atoms with Gasteiger partial charge in [0.15, 0.2) is 0 Å². The van der Waals surface area contributed by atoms with Gasteiger partial charge in [-0.15, -0.1) is 0 Å². The number of H-pyrrole nitrogens is 1. The van der Waals surface area contributed by atoms with Crippen molar-refractivity contribution in [2.24, 2.45) is 5.92 Å². The van der Waals surface area contributed by atoms with Crippen LogP contribution < -0.4 is 5.32 Å². The lowest BCUT2D eigenvalue weighted by atomic mass is 9.80. The first kappa shape index (κ1) is 11.7. The Morgan fingerprint density at radius 1 is 1.33 bits per heavy atom. The third-order valence-corrected chi connectivity index (χ3v) is 4.25. The van der Waals surface area contributed by atoms with E-state index in [1.165, 1.54) is 32.1 Å². The summed E-state index contributed by atoms with van der Waals surface area (Å²) in [5.74, 6) is -0.237. The number of nitrogens with zero attached hydrogens (tertiary/aromatic N) is 1. The van der Waals surface area contributed by atoms with Crippen molar-refractivity contribution in [1.82, 2.24) is 15.3 Å². The second-order valence-electron chi connectivity index (χ2n) is 5.40.